The predicted molar refractivity (Wildman–Crippen MR) is 52.2 cm³/mol. The monoisotopic (exact) mass is 140 g/mol. The quantitative estimate of drug-likeness (QED) is 0.520. The first-order valence-electron chi connectivity index (χ1n) is 2.79. The maximum atomic E-state index is 3.63. The molecule has 0 unspecified atom stereocenters. The van der Waals surface area contributed by atoms with Crippen molar-refractivity contribution < 1.29 is 0 Å². The molecule has 0 heterocycles. The molecular formula is C10H20. The van der Waals surface area contributed by atoms with Crippen molar-refractivity contribution in [3.63, 3.8) is 0 Å². The van der Waals surface area contributed by atoms with Crippen LogP contribution < -0.4 is 0 Å². The van der Waals surface area contributed by atoms with E-state index in [0.29, 0.717) is 0 Å². The van der Waals surface area contributed by atoms with E-state index in [1.807, 2.05) is 12.2 Å². The van der Waals surface area contributed by atoms with Crippen LogP contribution in [0.4, 0.5) is 0 Å². The molecular weight excluding hydrogens is 120 g/mol. The fourth-order valence-corrected chi connectivity index (χ4v) is 0.482. The van der Waals surface area contributed by atoms with Gasteiger partial charge in [-0.2, -0.15) is 0 Å². The highest BCUT2D eigenvalue weighted by molar-refractivity contribution is 5.20. The maximum Gasteiger partial charge on any atom is -0.0308 e. The first kappa shape index (κ1) is 16.1. The Kier molecular flexibility index (Phi) is 17.8. The molecule has 10 heavy (non-hydrogen) atoms. The van der Waals surface area contributed by atoms with Gasteiger partial charge in [0.25, 0.3) is 0 Å². The van der Waals surface area contributed by atoms with Crippen LogP contribution in [0.25, 0.3) is 0 Å². The molecule has 0 amide bonds. The lowest BCUT2D eigenvalue weighted by Crippen LogP contribution is -1.68. The Morgan fingerprint density at radius 3 is 1.90 bits per heavy atom. The smallest absolute Gasteiger partial charge is 0.0308 e. The third-order valence-electron chi connectivity index (χ3n) is 1.00. The second-order valence-electron chi connectivity index (χ2n) is 1.53. The van der Waals surface area contributed by atoms with Gasteiger partial charge in [0, 0.05) is 0 Å². The second kappa shape index (κ2) is 11.1. The molecule has 0 nitrogen and oxygen atoms in total. The first-order chi connectivity index (χ1) is 3.85. The lowest BCUT2D eigenvalue weighted by atomic mass is 10.2. The molecule has 0 rings (SSSR count). The van der Waals surface area contributed by atoms with Gasteiger partial charge < -0.3 is 0 Å². The van der Waals surface area contributed by atoms with Crippen molar-refractivity contribution in [2.24, 2.45) is 0 Å². The molecule has 0 aliphatic carbocycles. The summed E-state index contributed by atoms with van der Waals surface area (Å²) in [6.45, 7) is 9.30. The Bertz CT molecular complexity index is 107. The Hall–Kier alpha value is -0.780. The van der Waals surface area contributed by atoms with Crippen molar-refractivity contribution in [1.29, 1.82) is 0 Å². The summed E-state index contributed by atoms with van der Waals surface area (Å²) in [6, 6.07) is 0. The first-order valence-corrected chi connectivity index (χ1v) is 2.79. The molecule has 0 N–H and O–H groups in total. The van der Waals surface area contributed by atoms with E-state index in [-0.39, 0.29) is 14.9 Å². The number of allylic oxidation sites excluding steroid dienone is 4. The number of hydrogen-bond acceptors (Lipinski definition) is 0. The van der Waals surface area contributed by atoms with Crippen LogP contribution in [0, 0.1) is 0 Å². The Balaban J connectivity index is -0.000000245. The highest BCUT2D eigenvalue weighted by atomic mass is 13.8. The van der Waals surface area contributed by atoms with E-state index in [1.165, 1.54) is 5.57 Å². The van der Waals surface area contributed by atoms with Gasteiger partial charge in [0.1, 0.15) is 0 Å². The third-order valence-corrected chi connectivity index (χ3v) is 1.00. The summed E-state index contributed by atoms with van der Waals surface area (Å²) < 4.78 is 0. The van der Waals surface area contributed by atoms with Crippen LogP contribution in [0.1, 0.15) is 28.2 Å². The molecule has 0 aromatic carbocycles. The van der Waals surface area contributed by atoms with Crippen LogP contribution in [-0.2, 0) is 0 Å². The van der Waals surface area contributed by atoms with Crippen LogP contribution in [-0.4, -0.2) is 0 Å². The molecule has 0 heteroatoms. The molecule has 0 fully saturated rings. The SMILES string of the molecule is C.C.C=C/C=C(\C=C)CC. The van der Waals surface area contributed by atoms with Crippen molar-refractivity contribution in [3.8, 4) is 0 Å². The van der Waals surface area contributed by atoms with E-state index in [0.717, 1.165) is 6.42 Å². The Morgan fingerprint density at radius 1 is 1.30 bits per heavy atom. The molecule has 0 aliphatic rings. The average Bonchev–Trinajstić information content (AvgIpc) is 1.83. The molecule has 0 saturated carbocycles. The molecule has 0 aromatic heterocycles. The topological polar surface area (TPSA) is 0 Å². The normalized spacial score (nSPS) is 8.70. The molecule has 0 atom stereocenters. The van der Waals surface area contributed by atoms with Gasteiger partial charge in [-0.25, -0.2) is 0 Å². The molecule has 0 aliphatic heterocycles. The Labute approximate surface area is 66.0 Å². The molecule has 60 valence electrons. The van der Waals surface area contributed by atoms with E-state index in [1.54, 1.807) is 6.08 Å². The van der Waals surface area contributed by atoms with Crippen molar-refractivity contribution in [2.45, 2.75) is 28.2 Å². The maximum absolute atomic E-state index is 3.63. The van der Waals surface area contributed by atoms with Crippen LogP contribution in [0.2, 0.25) is 0 Å². The predicted octanol–water partition coefficient (Wildman–Crippen LogP) is 3.97. The Morgan fingerprint density at radius 2 is 1.80 bits per heavy atom. The van der Waals surface area contributed by atoms with Crippen molar-refractivity contribution in [3.05, 3.63) is 37.0 Å². The van der Waals surface area contributed by atoms with E-state index < -0.39 is 0 Å². The highest BCUT2D eigenvalue weighted by Crippen LogP contribution is 1.99. The lowest BCUT2D eigenvalue weighted by Gasteiger charge is -1.89. The molecule has 0 aromatic rings. The minimum Gasteiger partial charge on any atom is -0.0991 e. The largest absolute Gasteiger partial charge is 0.0991 e. The van der Waals surface area contributed by atoms with E-state index in [4.69, 9.17) is 0 Å². The molecule has 0 spiro atoms. The van der Waals surface area contributed by atoms with Gasteiger partial charge in [0.05, 0.1) is 0 Å². The third kappa shape index (κ3) is 7.22. The zero-order valence-corrected chi connectivity index (χ0v) is 5.35. The summed E-state index contributed by atoms with van der Waals surface area (Å²) in [6.07, 6.45) is 6.63. The van der Waals surface area contributed by atoms with Crippen molar-refractivity contribution >= 4 is 0 Å². The fraction of sp³-hybridized carbons (Fsp3) is 0.400. The van der Waals surface area contributed by atoms with E-state index >= 15 is 0 Å². The number of hydrogen-bond donors (Lipinski definition) is 0. The van der Waals surface area contributed by atoms with Crippen LogP contribution in [0.5, 0.6) is 0 Å². The van der Waals surface area contributed by atoms with Gasteiger partial charge in [-0.1, -0.05) is 53.2 Å². The summed E-state index contributed by atoms with van der Waals surface area (Å²) in [4.78, 5) is 0. The zero-order valence-electron chi connectivity index (χ0n) is 5.35. The highest BCUT2D eigenvalue weighted by Gasteiger charge is 1.79. The summed E-state index contributed by atoms with van der Waals surface area (Å²) in [5, 5.41) is 0. The summed E-state index contributed by atoms with van der Waals surface area (Å²) in [5.74, 6) is 0. The minimum atomic E-state index is 0. The molecule has 0 saturated heterocycles. The van der Waals surface area contributed by atoms with Crippen molar-refractivity contribution in [2.75, 3.05) is 0 Å². The van der Waals surface area contributed by atoms with Gasteiger partial charge in [0.2, 0.25) is 0 Å². The number of rotatable bonds is 3. The molecule has 0 radical (unpaired) electrons. The zero-order chi connectivity index (χ0) is 6.41. The minimum absolute atomic E-state index is 0. The van der Waals surface area contributed by atoms with Gasteiger partial charge in [0.15, 0.2) is 0 Å². The lowest BCUT2D eigenvalue weighted by molar-refractivity contribution is 1.15. The van der Waals surface area contributed by atoms with Gasteiger partial charge >= 0.3 is 0 Å². The summed E-state index contributed by atoms with van der Waals surface area (Å²) in [5.41, 5.74) is 1.24. The average molecular weight is 140 g/mol. The van der Waals surface area contributed by atoms with Gasteiger partial charge in [-0.15, -0.1) is 0 Å². The van der Waals surface area contributed by atoms with Gasteiger partial charge in [-0.05, 0) is 12.0 Å². The van der Waals surface area contributed by atoms with E-state index in [2.05, 4.69) is 20.1 Å². The summed E-state index contributed by atoms with van der Waals surface area (Å²) in [7, 11) is 0. The fourth-order valence-electron chi connectivity index (χ4n) is 0.482. The van der Waals surface area contributed by atoms with Crippen LogP contribution in [0.3, 0.4) is 0 Å². The van der Waals surface area contributed by atoms with Crippen LogP contribution in [0.15, 0.2) is 37.0 Å². The van der Waals surface area contributed by atoms with E-state index in [9.17, 15) is 0 Å². The van der Waals surface area contributed by atoms with Gasteiger partial charge in [-0.3, -0.25) is 0 Å². The van der Waals surface area contributed by atoms with Crippen molar-refractivity contribution in [1.82, 2.24) is 0 Å². The summed E-state index contributed by atoms with van der Waals surface area (Å²) >= 11 is 0. The van der Waals surface area contributed by atoms with Crippen LogP contribution >= 0.6 is 0 Å². The standard InChI is InChI=1S/C8H12.2CH4/c1-4-7-8(5-2)6-3;;/h4-5,7H,1-2,6H2,3H3;2*1H4/b8-7+;;. The second-order valence-corrected chi connectivity index (χ2v) is 1.53. The molecule has 0 bridgehead atoms.